The zero-order valence-electron chi connectivity index (χ0n) is 9.37. The van der Waals surface area contributed by atoms with Crippen molar-refractivity contribution >= 4 is 5.82 Å². The monoisotopic (exact) mass is 205 g/mol. The number of aromatic nitrogens is 2. The van der Waals surface area contributed by atoms with E-state index in [9.17, 15) is 0 Å². The Kier molecular flexibility index (Phi) is 3.54. The molecule has 0 bridgehead atoms. The molecule has 3 heteroatoms. The molecule has 1 N–H and O–H groups in total. The molecule has 15 heavy (non-hydrogen) atoms. The smallest absolute Gasteiger partial charge is 0.148 e. The van der Waals surface area contributed by atoms with Crippen LogP contribution in [0.1, 0.15) is 37.8 Å². The molecule has 1 fully saturated rings. The van der Waals surface area contributed by atoms with Gasteiger partial charge in [0.05, 0.1) is 5.69 Å². The van der Waals surface area contributed by atoms with E-state index >= 15 is 0 Å². The molecule has 1 heterocycles. The van der Waals surface area contributed by atoms with Gasteiger partial charge in [0.1, 0.15) is 5.82 Å². The summed E-state index contributed by atoms with van der Waals surface area (Å²) in [7, 11) is 0. The molecule has 1 aliphatic carbocycles. The molecule has 1 saturated carbocycles. The van der Waals surface area contributed by atoms with Crippen molar-refractivity contribution in [2.45, 2.75) is 39.0 Å². The van der Waals surface area contributed by atoms with Crippen molar-refractivity contribution < 1.29 is 0 Å². The van der Waals surface area contributed by atoms with Crippen molar-refractivity contribution in [3.63, 3.8) is 0 Å². The van der Waals surface area contributed by atoms with Crippen LogP contribution in [-0.2, 0) is 0 Å². The topological polar surface area (TPSA) is 37.8 Å². The predicted molar refractivity (Wildman–Crippen MR) is 61.8 cm³/mol. The largest absolute Gasteiger partial charge is 0.369 e. The van der Waals surface area contributed by atoms with E-state index in [2.05, 4.69) is 15.5 Å². The minimum Gasteiger partial charge on any atom is -0.369 e. The number of aryl methyl sites for hydroxylation is 1. The molecule has 1 aromatic rings. The van der Waals surface area contributed by atoms with Crippen LogP contribution in [0, 0.1) is 12.8 Å². The fourth-order valence-electron chi connectivity index (χ4n) is 2.20. The first-order valence-electron chi connectivity index (χ1n) is 5.89. The highest BCUT2D eigenvalue weighted by Crippen LogP contribution is 2.27. The van der Waals surface area contributed by atoms with Crippen molar-refractivity contribution in [1.29, 1.82) is 0 Å². The van der Waals surface area contributed by atoms with Crippen LogP contribution in [-0.4, -0.2) is 16.7 Å². The van der Waals surface area contributed by atoms with Gasteiger partial charge in [0, 0.05) is 6.54 Å². The summed E-state index contributed by atoms with van der Waals surface area (Å²) in [5.41, 5.74) is 0.969. The number of anilines is 1. The van der Waals surface area contributed by atoms with Crippen LogP contribution >= 0.6 is 0 Å². The first kappa shape index (κ1) is 10.4. The molecular weight excluding hydrogens is 186 g/mol. The molecule has 0 saturated heterocycles. The van der Waals surface area contributed by atoms with Crippen LogP contribution in [0.15, 0.2) is 12.1 Å². The molecular formula is C12H19N3. The van der Waals surface area contributed by atoms with E-state index in [1.165, 1.54) is 32.1 Å². The minimum absolute atomic E-state index is 0.901. The van der Waals surface area contributed by atoms with E-state index in [0.29, 0.717) is 0 Å². The van der Waals surface area contributed by atoms with Crippen molar-refractivity contribution in [3.05, 3.63) is 17.8 Å². The number of hydrogen-bond donors (Lipinski definition) is 1. The molecule has 0 aromatic carbocycles. The Balaban J connectivity index is 1.71. The van der Waals surface area contributed by atoms with Gasteiger partial charge >= 0.3 is 0 Å². The van der Waals surface area contributed by atoms with Crippen LogP contribution in [0.25, 0.3) is 0 Å². The maximum absolute atomic E-state index is 4.08. The van der Waals surface area contributed by atoms with E-state index in [1.807, 2.05) is 19.1 Å². The predicted octanol–water partition coefficient (Wildman–Crippen LogP) is 2.78. The van der Waals surface area contributed by atoms with Crippen molar-refractivity contribution in [1.82, 2.24) is 10.2 Å². The molecule has 2 rings (SSSR count). The van der Waals surface area contributed by atoms with Crippen LogP contribution in [0.5, 0.6) is 0 Å². The number of rotatable bonds is 4. The highest BCUT2D eigenvalue weighted by molar-refractivity contribution is 5.32. The lowest BCUT2D eigenvalue weighted by atomic mass is 10.0. The van der Waals surface area contributed by atoms with Crippen LogP contribution in [0.3, 0.4) is 0 Å². The van der Waals surface area contributed by atoms with Gasteiger partial charge in [-0.15, -0.1) is 5.10 Å². The zero-order chi connectivity index (χ0) is 10.5. The third-order valence-electron chi connectivity index (χ3n) is 3.13. The summed E-state index contributed by atoms with van der Waals surface area (Å²) >= 11 is 0. The Morgan fingerprint density at radius 2 is 2.07 bits per heavy atom. The fourth-order valence-corrected chi connectivity index (χ4v) is 2.20. The lowest BCUT2D eigenvalue weighted by Gasteiger charge is -2.09. The second kappa shape index (κ2) is 5.10. The van der Waals surface area contributed by atoms with Gasteiger partial charge in [-0.05, 0) is 31.4 Å². The van der Waals surface area contributed by atoms with Crippen LogP contribution < -0.4 is 5.32 Å². The number of nitrogens with one attached hydrogen (secondary N) is 1. The van der Waals surface area contributed by atoms with E-state index in [1.54, 1.807) is 0 Å². The standard InChI is InChI=1S/C12H19N3/c1-10-6-7-12(15-14-10)13-9-8-11-4-2-3-5-11/h6-7,11H,2-5,8-9H2,1H3,(H,13,15). The Morgan fingerprint density at radius 3 is 2.73 bits per heavy atom. The molecule has 3 nitrogen and oxygen atoms in total. The Labute approximate surface area is 91.3 Å². The summed E-state index contributed by atoms with van der Waals surface area (Å²) in [4.78, 5) is 0. The van der Waals surface area contributed by atoms with Gasteiger partial charge in [0.15, 0.2) is 0 Å². The van der Waals surface area contributed by atoms with Gasteiger partial charge in [-0.1, -0.05) is 25.7 Å². The van der Waals surface area contributed by atoms with E-state index in [4.69, 9.17) is 0 Å². The highest BCUT2D eigenvalue weighted by atomic mass is 15.2. The molecule has 0 amide bonds. The van der Waals surface area contributed by atoms with E-state index in [-0.39, 0.29) is 0 Å². The first-order chi connectivity index (χ1) is 7.34. The van der Waals surface area contributed by atoms with Gasteiger partial charge in [0.2, 0.25) is 0 Å². The number of hydrogen-bond acceptors (Lipinski definition) is 3. The Hall–Kier alpha value is -1.12. The maximum atomic E-state index is 4.08. The zero-order valence-corrected chi connectivity index (χ0v) is 9.37. The SMILES string of the molecule is Cc1ccc(NCCC2CCCC2)nn1. The summed E-state index contributed by atoms with van der Waals surface area (Å²) in [5.74, 6) is 1.84. The van der Waals surface area contributed by atoms with Gasteiger partial charge in [-0.25, -0.2) is 0 Å². The third-order valence-corrected chi connectivity index (χ3v) is 3.13. The molecule has 1 aromatic heterocycles. The lowest BCUT2D eigenvalue weighted by molar-refractivity contribution is 0.518. The molecule has 0 spiro atoms. The quantitative estimate of drug-likeness (QED) is 0.821. The highest BCUT2D eigenvalue weighted by Gasteiger charge is 2.13. The fraction of sp³-hybridized carbons (Fsp3) is 0.667. The molecule has 1 aliphatic rings. The summed E-state index contributed by atoms with van der Waals surface area (Å²) < 4.78 is 0. The van der Waals surface area contributed by atoms with E-state index < -0.39 is 0 Å². The van der Waals surface area contributed by atoms with Gasteiger partial charge in [0.25, 0.3) is 0 Å². The van der Waals surface area contributed by atoms with Crippen LogP contribution in [0.2, 0.25) is 0 Å². The maximum Gasteiger partial charge on any atom is 0.148 e. The summed E-state index contributed by atoms with van der Waals surface area (Å²) in [5, 5.41) is 11.4. The first-order valence-corrected chi connectivity index (χ1v) is 5.89. The van der Waals surface area contributed by atoms with Crippen molar-refractivity contribution in [3.8, 4) is 0 Å². The molecule has 82 valence electrons. The van der Waals surface area contributed by atoms with Crippen LogP contribution in [0.4, 0.5) is 5.82 Å². The second-order valence-corrected chi connectivity index (χ2v) is 4.43. The average molecular weight is 205 g/mol. The van der Waals surface area contributed by atoms with Gasteiger partial charge in [-0.2, -0.15) is 5.10 Å². The summed E-state index contributed by atoms with van der Waals surface area (Å²) in [6.07, 6.45) is 6.96. The normalized spacial score (nSPS) is 16.9. The van der Waals surface area contributed by atoms with Gasteiger partial charge < -0.3 is 5.32 Å². The summed E-state index contributed by atoms with van der Waals surface area (Å²) in [6.45, 7) is 2.98. The number of nitrogens with zero attached hydrogens (tertiary/aromatic N) is 2. The van der Waals surface area contributed by atoms with Gasteiger partial charge in [-0.3, -0.25) is 0 Å². The molecule has 0 atom stereocenters. The minimum atomic E-state index is 0.901. The molecule has 0 aliphatic heterocycles. The van der Waals surface area contributed by atoms with E-state index in [0.717, 1.165) is 24.0 Å². The lowest BCUT2D eigenvalue weighted by Crippen LogP contribution is -2.08. The van der Waals surface area contributed by atoms with Crippen molar-refractivity contribution in [2.75, 3.05) is 11.9 Å². The van der Waals surface area contributed by atoms with Crippen molar-refractivity contribution in [2.24, 2.45) is 5.92 Å². The molecule has 0 unspecified atom stereocenters. The second-order valence-electron chi connectivity index (χ2n) is 4.43. The Bertz CT molecular complexity index is 288. The summed E-state index contributed by atoms with van der Waals surface area (Å²) in [6, 6.07) is 3.99. The molecule has 0 radical (unpaired) electrons. The average Bonchev–Trinajstić information content (AvgIpc) is 2.74. The third kappa shape index (κ3) is 3.18. The Morgan fingerprint density at radius 1 is 1.27 bits per heavy atom.